The number of rotatable bonds is 5. The highest BCUT2D eigenvalue weighted by atomic mass is 16.5. The molecule has 1 heterocycles. The molecule has 0 radical (unpaired) electrons. The monoisotopic (exact) mass is 362 g/mol. The second kappa shape index (κ2) is 7.62. The quantitative estimate of drug-likeness (QED) is 0.650. The van der Waals surface area contributed by atoms with Crippen LogP contribution in [0.5, 0.6) is 5.75 Å². The van der Waals surface area contributed by atoms with Crippen molar-refractivity contribution in [2.24, 2.45) is 0 Å². The maximum Gasteiger partial charge on any atom is 0.282 e. The van der Waals surface area contributed by atoms with Crippen molar-refractivity contribution >= 4 is 29.3 Å². The third kappa shape index (κ3) is 3.75. The topological polar surface area (TPSA) is 85.7 Å². The van der Waals surface area contributed by atoms with Crippen molar-refractivity contribution in [3.8, 4) is 11.8 Å². The van der Waals surface area contributed by atoms with Gasteiger partial charge in [-0.3, -0.25) is 15.0 Å². The summed E-state index contributed by atoms with van der Waals surface area (Å²) in [5, 5.41) is 10.0. The molecule has 0 unspecified atom stereocenters. The van der Waals surface area contributed by atoms with E-state index in [-0.39, 0.29) is 12.2 Å². The maximum atomic E-state index is 12.7. The standard InChI is InChI=1S/C20H18N4O3/c1-23(2)16-9-8-14(18(13-16)27-11-10-21)12-17-19(25)22-24(20(17)26)15-6-4-3-5-7-15/h3-9,12-13H,11H2,1-2H3,(H,22,25). The van der Waals surface area contributed by atoms with Crippen LogP contribution in [-0.2, 0) is 9.59 Å². The van der Waals surface area contributed by atoms with E-state index in [9.17, 15) is 9.59 Å². The molecule has 1 saturated heterocycles. The number of nitrogens with one attached hydrogen (secondary N) is 1. The van der Waals surface area contributed by atoms with Gasteiger partial charge in [-0.2, -0.15) is 5.26 Å². The maximum absolute atomic E-state index is 12.7. The summed E-state index contributed by atoms with van der Waals surface area (Å²) in [5.41, 5.74) is 4.55. The van der Waals surface area contributed by atoms with Crippen molar-refractivity contribution in [1.82, 2.24) is 5.43 Å². The van der Waals surface area contributed by atoms with Crippen molar-refractivity contribution in [1.29, 1.82) is 5.26 Å². The van der Waals surface area contributed by atoms with Gasteiger partial charge in [-0.15, -0.1) is 0 Å². The van der Waals surface area contributed by atoms with Crippen molar-refractivity contribution < 1.29 is 14.3 Å². The van der Waals surface area contributed by atoms with Crippen LogP contribution in [0.1, 0.15) is 5.56 Å². The largest absolute Gasteiger partial charge is 0.478 e. The predicted octanol–water partition coefficient (Wildman–Crippen LogP) is 2.12. The molecule has 2 aromatic carbocycles. The Kier molecular flexibility index (Phi) is 5.08. The molecule has 0 bridgehead atoms. The number of para-hydroxylation sites is 1. The van der Waals surface area contributed by atoms with Gasteiger partial charge in [0.15, 0.2) is 6.61 Å². The normalized spacial score (nSPS) is 14.9. The van der Waals surface area contributed by atoms with E-state index in [4.69, 9.17) is 10.00 Å². The highest BCUT2D eigenvalue weighted by Crippen LogP contribution is 2.29. The molecule has 0 aliphatic carbocycles. The summed E-state index contributed by atoms with van der Waals surface area (Å²) in [6, 6.07) is 16.1. The number of carbonyl (C=O) groups excluding carboxylic acids is 2. The van der Waals surface area contributed by atoms with Gasteiger partial charge >= 0.3 is 0 Å². The number of hydrogen-bond donors (Lipinski definition) is 1. The molecule has 7 nitrogen and oxygen atoms in total. The van der Waals surface area contributed by atoms with Crippen molar-refractivity contribution in [2.75, 3.05) is 30.6 Å². The van der Waals surface area contributed by atoms with E-state index in [2.05, 4.69) is 5.43 Å². The lowest BCUT2D eigenvalue weighted by Crippen LogP contribution is -2.35. The predicted molar refractivity (Wildman–Crippen MR) is 102 cm³/mol. The molecule has 2 amide bonds. The zero-order valence-corrected chi connectivity index (χ0v) is 15.0. The van der Waals surface area contributed by atoms with Gasteiger partial charge in [0.2, 0.25) is 0 Å². The summed E-state index contributed by atoms with van der Waals surface area (Å²) in [7, 11) is 3.76. The summed E-state index contributed by atoms with van der Waals surface area (Å²) < 4.78 is 5.48. The summed E-state index contributed by atoms with van der Waals surface area (Å²) in [4.78, 5) is 26.9. The third-order valence-corrected chi connectivity index (χ3v) is 4.01. The van der Waals surface area contributed by atoms with E-state index in [0.29, 0.717) is 17.0 Å². The molecule has 1 fully saturated rings. The second-order valence-electron chi connectivity index (χ2n) is 6.04. The van der Waals surface area contributed by atoms with Crippen molar-refractivity contribution in [2.45, 2.75) is 0 Å². The molecular formula is C20H18N4O3. The van der Waals surface area contributed by atoms with E-state index in [1.807, 2.05) is 37.2 Å². The Hall–Kier alpha value is -3.79. The molecule has 136 valence electrons. The fourth-order valence-electron chi connectivity index (χ4n) is 2.63. The smallest absolute Gasteiger partial charge is 0.282 e. The van der Waals surface area contributed by atoms with Crippen molar-refractivity contribution in [3.63, 3.8) is 0 Å². The van der Waals surface area contributed by atoms with Crippen LogP contribution in [0.15, 0.2) is 54.1 Å². The summed E-state index contributed by atoms with van der Waals surface area (Å²) in [5.74, 6) is -0.519. The number of hydrazine groups is 1. The molecule has 0 aromatic heterocycles. The summed E-state index contributed by atoms with van der Waals surface area (Å²) in [6.45, 7) is -0.136. The summed E-state index contributed by atoms with van der Waals surface area (Å²) >= 11 is 0. The molecule has 27 heavy (non-hydrogen) atoms. The Bertz CT molecular complexity index is 945. The fourth-order valence-corrected chi connectivity index (χ4v) is 2.63. The lowest BCUT2D eigenvalue weighted by molar-refractivity contribution is -0.117. The van der Waals surface area contributed by atoms with Crippen molar-refractivity contribution in [3.05, 3.63) is 59.7 Å². The second-order valence-corrected chi connectivity index (χ2v) is 6.04. The Balaban J connectivity index is 1.97. The SMILES string of the molecule is CN(C)c1ccc(C=C2C(=O)NN(c3ccccc3)C2=O)c(OCC#N)c1. The van der Waals surface area contributed by atoms with Gasteiger partial charge in [-0.25, -0.2) is 5.01 Å². The molecule has 0 atom stereocenters. The number of amides is 2. The highest BCUT2D eigenvalue weighted by Gasteiger charge is 2.34. The van der Waals surface area contributed by atoms with E-state index in [1.54, 1.807) is 36.4 Å². The van der Waals surface area contributed by atoms with Gasteiger partial charge in [0, 0.05) is 31.4 Å². The third-order valence-electron chi connectivity index (χ3n) is 4.01. The van der Waals surface area contributed by atoms with E-state index < -0.39 is 11.8 Å². The Morgan fingerprint density at radius 2 is 1.93 bits per heavy atom. The van der Waals surface area contributed by atoms with Gasteiger partial charge in [-0.05, 0) is 30.3 Å². The van der Waals surface area contributed by atoms with Crippen LogP contribution in [0, 0.1) is 11.3 Å². The van der Waals surface area contributed by atoms with Crippen LogP contribution in [0.3, 0.4) is 0 Å². The van der Waals surface area contributed by atoms with Gasteiger partial charge in [0.25, 0.3) is 11.8 Å². The molecule has 3 rings (SSSR count). The van der Waals surface area contributed by atoms with E-state index in [0.717, 1.165) is 5.69 Å². The molecule has 1 N–H and O–H groups in total. The number of nitriles is 1. The van der Waals surface area contributed by atoms with E-state index >= 15 is 0 Å². The fraction of sp³-hybridized carbons (Fsp3) is 0.150. The van der Waals surface area contributed by atoms with Gasteiger partial charge < -0.3 is 9.64 Å². The van der Waals surface area contributed by atoms with Crippen LogP contribution < -0.4 is 20.1 Å². The molecule has 0 saturated carbocycles. The first-order chi connectivity index (χ1) is 13.0. The van der Waals surface area contributed by atoms with Crippen LogP contribution in [0.25, 0.3) is 6.08 Å². The van der Waals surface area contributed by atoms with Crippen LogP contribution >= 0.6 is 0 Å². The number of carbonyl (C=O) groups is 2. The first-order valence-corrected chi connectivity index (χ1v) is 8.24. The number of benzene rings is 2. The lowest BCUT2D eigenvalue weighted by atomic mass is 10.1. The van der Waals surface area contributed by atoms with Crippen LogP contribution in [-0.4, -0.2) is 32.5 Å². The average Bonchev–Trinajstić information content (AvgIpc) is 2.96. The Morgan fingerprint density at radius 3 is 2.59 bits per heavy atom. The highest BCUT2D eigenvalue weighted by molar-refractivity contribution is 6.31. The first kappa shape index (κ1) is 18.0. The van der Waals surface area contributed by atoms with Crippen LogP contribution in [0.4, 0.5) is 11.4 Å². The average molecular weight is 362 g/mol. The number of nitrogens with zero attached hydrogens (tertiary/aromatic N) is 3. The number of hydrogen-bond acceptors (Lipinski definition) is 5. The molecular weight excluding hydrogens is 344 g/mol. The van der Waals surface area contributed by atoms with E-state index in [1.165, 1.54) is 11.1 Å². The first-order valence-electron chi connectivity index (χ1n) is 8.24. The lowest BCUT2D eigenvalue weighted by Gasteiger charge is -2.15. The zero-order chi connectivity index (χ0) is 19.4. The zero-order valence-electron chi connectivity index (χ0n) is 15.0. The molecule has 7 heteroatoms. The molecule has 0 spiro atoms. The molecule has 1 aliphatic heterocycles. The molecule has 2 aromatic rings. The molecule has 1 aliphatic rings. The minimum absolute atomic E-state index is 0.00161. The Morgan fingerprint density at radius 1 is 1.19 bits per heavy atom. The van der Waals surface area contributed by atoms with Gasteiger partial charge in [0.1, 0.15) is 17.4 Å². The number of anilines is 2. The summed E-state index contributed by atoms with van der Waals surface area (Å²) in [6.07, 6.45) is 1.48. The Labute approximate surface area is 157 Å². The minimum atomic E-state index is -0.494. The minimum Gasteiger partial charge on any atom is -0.478 e. The van der Waals surface area contributed by atoms with Gasteiger partial charge in [0.05, 0.1) is 5.69 Å². The van der Waals surface area contributed by atoms with Gasteiger partial charge in [-0.1, -0.05) is 18.2 Å². The van der Waals surface area contributed by atoms with Crippen LogP contribution in [0.2, 0.25) is 0 Å². The number of ether oxygens (including phenoxy) is 1.